The van der Waals surface area contributed by atoms with Gasteiger partial charge in [0, 0.05) is 30.0 Å². The number of anilines is 1. The second-order valence-corrected chi connectivity index (χ2v) is 6.78. The summed E-state index contributed by atoms with van der Waals surface area (Å²) in [6, 6.07) is 10.5. The van der Waals surface area contributed by atoms with Gasteiger partial charge >= 0.3 is 0 Å². The molecule has 136 valence electrons. The van der Waals surface area contributed by atoms with Gasteiger partial charge < -0.3 is 15.1 Å². The Morgan fingerprint density at radius 2 is 2.04 bits per heavy atom. The first kappa shape index (κ1) is 17.0. The number of carbonyl (C=O) groups excluding carboxylic acids is 2. The van der Waals surface area contributed by atoms with Gasteiger partial charge in [-0.1, -0.05) is 12.1 Å². The lowest BCUT2D eigenvalue weighted by Crippen LogP contribution is -2.24. The molecule has 0 atom stereocenters. The molecule has 8 heteroatoms. The third-order valence-electron chi connectivity index (χ3n) is 3.93. The predicted octanol–water partition coefficient (Wildman–Crippen LogP) is 3.10. The van der Waals surface area contributed by atoms with Crippen molar-refractivity contribution in [1.82, 2.24) is 14.7 Å². The van der Waals surface area contributed by atoms with Gasteiger partial charge in [0.2, 0.25) is 5.91 Å². The molecule has 0 saturated carbocycles. The zero-order chi connectivity index (χ0) is 18.6. The topological polar surface area (TPSA) is 88.6 Å². The Kier molecular flexibility index (Phi) is 4.71. The summed E-state index contributed by atoms with van der Waals surface area (Å²) in [5.41, 5.74) is 2.34. The van der Waals surface area contributed by atoms with E-state index in [2.05, 4.69) is 15.6 Å². The highest BCUT2D eigenvalue weighted by Crippen LogP contribution is 2.13. The van der Waals surface area contributed by atoms with Gasteiger partial charge in [-0.25, -0.2) is 4.98 Å². The average molecular weight is 380 g/mol. The van der Waals surface area contributed by atoms with Crippen LogP contribution in [0.3, 0.4) is 0 Å². The first-order valence-electron chi connectivity index (χ1n) is 8.29. The fourth-order valence-electron chi connectivity index (χ4n) is 2.60. The monoisotopic (exact) mass is 380 g/mol. The van der Waals surface area contributed by atoms with E-state index in [1.807, 2.05) is 34.3 Å². The van der Waals surface area contributed by atoms with Crippen LogP contribution < -0.4 is 10.6 Å². The molecule has 0 aliphatic heterocycles. The first-order valence-corrected chi connectivity index (χ1v) is 9.17. The van der Waals surface area contributed by atoms with Gasteiger partial charge in [-0.3, -0.25) is 14.0 Å². The Bertz CT molecular complexity index is 1040. The molecule has 3 aromatic heterocycles. The third-order valence-corrected chi connectivity index (χ3v) is 4.70. The molecule has 3 heterocycles. The number of thiazole rings is 1. The number of hydrogen-bond acceptors (Lipinski definition) is 5. The van der Waals surface area contributed by atoms with Gasteiger partial charge in [0.15, 0.2) is 10.7 Å². The summed E-state index contributed by atoms with van der Waals surface area (Å²) < 4.78 is 6.96. The molecule has 0 aliphatic carbocycles. The number of nitrogens with one attached hydrogen (secondary N) is 2. The van der Waals surface area contributed by atoms with Crippen molar-refractivity contribution in [2.24, 2.45) is 0 Å². The number of rotatable bonds is 6. The number of imidazole rings is 1. The summed E-state index contributed by atoms with van der Waals surface area (Å²) in [4.78, 5) is 29.3. The van der Waals surface area contributed by atoms with Gasteiger partial charge in [0.25, 0.3) is 5.91 Å². The maximum atomic E-state index is 12.1. The molecule has 4 aromatic rings. The lowest BCUT2D eigenvalue weighted by Gasteiger charge is -2.07. The van der Waals surface area contributed by atoms with Crippen LogP contribution in [0.4, 0.5) is 5.69 Å². The van der Waals surface area contributed by atoms with Crippen LogP contribution in [0.1, 0.15) is 21.8 Å². The highest BCUT2D eigenvalue weighted by Gasteiger charge is 2.10. The lowest BCUT2D eigenvalue weighted by atomic mass is 10.2. The van der Waals surface area contributed by atoms with Crippen LogP contribution in [0.25, 0.3) is 4.96 Å². The van der Waals surface area contributed by atoms with Crippen LogP contribution >= 0.6 is 11.3 Å². The number of furan rings is 1. The highest BCUT2D eigenvalue weighted by atomic mass is 32.1. The minimum absolute atomic E-state index is 0.0871. The van der Waals surface area contributed by atoms with Crippen molar-refractivity contribution < 1.29 is 14.0 Å². The maximum Gasteiger partial charge on any atom is 0.291 e. The molecule has 0 unspecified atom stereocenters. The number of benzene rings is 1. The molecular formula is C19H16N4O3S. The number of hydrogen-bond donors (Lipinski definition) is 2. The second-order valence-electron chi connectivity index (χ2n) is 5.91. The molecule has 0 aliphatic rings. The predicted molar refractivity (Wildman–Crippen MR) is 102 cm³/mol. The van der Waals surface area contributed by atoms with Crippen molar-refractivity contribution in [2.75, 3.05) is 5.32 Å². The molecule has 0 saturated heterocycles. The fourth-order valence-corrected chi connectivity index (χ4v) is 3.31. The van der Waals surface area contributed by atoms with Gasteiger partial charge in [0.1, 0.15) is 0 Å². The summed E-state index contributed by atoms with van der Waals surface area (Å²) in [5, 5.41) is 7.58. The second kappa shape index (κ2) is 7.46. The van der Waals surface area contributed by atoms with Gasteiger partial charge in [-0.2, -0.15) is 0 Å². The standard InChI is InChI=1S/C19H16N4O3S/c24-17(10-15-12-23-7-9-27-19(23)22-15)20-11-13-3-5-14(6-4-13)21-18(25)16-2-1-8-26-16/h1-9,12H,10-11H2,(H,20,24)(H,21,25). The Balaban J connectivity index is 1.28. The molecule has 0 bridgehead atoms. The summed E-state index contributed by atoms with van der Waals surface area (Å²) in [6.07, 6.45) is 5.47. The van der Waals surface area contributed by atoms with E-state index in [4.69, 9.17) is 4.42 Å². The van der Waals surface area contributed by atoms with Crippen LogP contribution in [0.5, 0.6) is 0 Å². The quantitative estimate of drug-likeness (QED) is 0.538. The van der Waals surface area contributed by atoms with Crippen LogP contribution in [0.2, 0.25) is 0 Å². The normalized spacial score (nSPS) is 10.8. The van der Waals surface area contributed by atoms with E-state index in [9.17, 15) is 9.59 Å². The van der Waals surface area contributed by atoms with E-state index in [1.165, 1.54) is 17.6 Å². The van der Waals surface area contributed by atoms with Crippen LogP contribution in [0.15, 0.2) is 64.9 Å². The molecule has 2 amide bonds. The smallest absolute Gasteiger partial charge is 0.291 e. The minimum atomic E-state index is -0.305. The zero-order valence-electron chi connectivity index (χ0n) is 14.2. The van der Waals surface area contributed by atoms with Crippen LogP contribution in [-0.4, -0.2) is 21.2 Å². The molecular weight excluding hydrogens is 364 g/mol. The summed E-state index contributed by atoms with van der Waals surface area (Å²) >= 11 is 1.53. The average Bonchev–Trinajstić information content (AvgIpc) is 3.38. The molecule has 1 aromatic carbocycles. The van der Waals surface area contributed by atoms with Crippen molar-refractivity contribution >= 4 is 33.8 Å². The summed E-state index contributed by atoms with van der Waals surface area (Å²) in [7, 11) is 0. The van der Waals surface area contributed by atoms with E-state index < -0.39 is 0 Å². The van der Waals surface area contributed by atoms with Crippen LogP contribution in [0, 0.1) is 0 Å². The Labute approximate surface area is 158 Å². The fraction of sp³-hybridized carbons (Fsp3) is 0.105. The van der Waals surface area contributed by atoms with Crippen molar-refractivity contribution in [1.29, 1.82) is 0 Å². The molecule has 7 nitrogen and oxygen atoms in total. The zero-order valence-corrected chi connectivity index (χ0v) is 15.0. The molecule has 0 radical (unpaired) electrons. The molecule has 4 rings (SSSR count). The highest BCUT2D eigenvalue weighted by molar-refractivity contribution is 7.15. The Hall–Kier alpha value is -3.39. The Morgan fingerprint density at radius 1 is 1.19 bits per heavy atom. The minimum Gasteiger partial charge on any atom is -0.459 e. The molecule has 2 N–H and O–H groups in total. The molecule has 27 heavy (non-hydrogen) atoms. The number of amides is 2. The maximum absolute atomic E-state index is 12.1. The largest absolute Gasteiger partial charge is 0.459 e. The van der Waals surface area contributed by atoms with E-state index in [0.29, 0.717) is 12.2 Å². The Morgan fingerprint density at radius 3 is 2.78 bits per heavy atom. The SMILES string of the molecule is O=C(Cc1cn2ccsc2n1)NCc1ccc(NC(=O)c2ccco2)cc1. The third kappa shape index (κ3) is 4.06. The van der Waals surface area contributed by atoms with Crippen LogP contribution in [-0.2, 0) is 17.8 Å². The van der Waals surface area contributed by atoms with Gasteiger partial charge in [-0.05, 0) is 29.8 Å². The van der Waals surface area contributed by atoms with E-state index in [1.54, 1.807) is 24.3 Å². The van der Waals surface area contributed by atoms with Gasteiger partial charge in [0.05, 0.1) is 18.4 Å². The molecule has 0 spiro atoms. The molecule has 0 fully saturated rings. The first-order chi connectivity index (χ1) is 13.2. The van der Waals surface area contributed by atoms with E-state index >= 15 is 0 Å². The van der Waals surface area contributed by atoms with Crippen molar-refractivity contribution in [2.45, 2.75) is 13.0 Å². The number of fused-ring (bicyclic) bond motifs is 1. The number of carbonyl (C=O) groups is 2. The number of aromatic nitrogens is 2. The summed E-state index contributed by atoms with van der Waals surface area (Å²) in [6.45, 7) is 0.410. The summed E-state index contributed by atoms with van der Waals surface area (Å²) in [5.74, 6) is -0.137. The number of nitrogens with zero attached hydrogens (tertiary/aromatic N) is 2. The lowest BCUT2D eigenvalue weighted by molar-refractivity contribution is -0.120. The van der Waals surface area contributed by atoms with E-state index in [0.717, 1.165) is 16.2 Å². The van der Waals surface area contributed by atoms with Gasteiger partial charge in [-0.15, -0.1) is 11.3 Å². The van der Waals surface area contributed by atoms with Crippen molar-refractivity contribution in [3.8, 4) is 0 Å². The van der Waals surface area contributed by atoms with E-state index in [-0.39, 0.29) is 24.0 Å². The van der Waals surface area contributed by atoms with Crippen molar-refractivity contribution in [3.63, 3.8) is 0 Å². The van der Waals surface area contributed by atoms with Crippen molar-refractivity contribution in [3.05, 3.63) is 77.5 Å².